The fourth-order valence-corrected chi connectivity index (χ4v) is 4.45. The Morgan fingerprint density at radius 1 is 1.00 bits per heavy atom. The molecule has 1 aromatic heterocycles. The molecular weight excluding hydrogens is 382 g/mol. The van der Waals surface area contributed by atoms with Gasteiger partial charge in [0.05, 0.1) is 28.7 Å². The van der Waals surface area contributed by atoms with E-state index in [1.807, 2.05) is 24.3 Å². The number of imidazole rings is 1. The second-order valence-electron chi connectivity index (χ2n) is 7.87. The lowest BCUT2D eigenvalue weighted by Crippen LogP contribution is -2.30. The van der Waals surface area contributed by atoms with E-state index in [1.54, 1.807) is 0 Å². The number of rotatable bonds is 7. The molecule has 1 atom stereocenters. The second kappa shape index (κ2) is 9.64. The smallest absolute Gasteiger partial charge is 0.137 e. The molecule has 0 N–H and O–H groups in total. The molecule has 1 aliphatic heterocycles. The molecule has 1 unspecified atom stereocenters. The van der Waals surface area contributed by atoms with E-state index in [1.165, 1.54) is 50.1 Å². The number of ether oxygens (including phenoxy) is 1. The minimum atomic E-state index is 0.324. The number of hydrogen-bond donors (Lipinski definition) is 0. The Morgan fingerprint density at radius 2 is 1.72 bits per heavy atom. The van der Waals surface area contributed by atoms with Crippen molar-refractivity contribution in [2.24, 2.45) is 0 Å². The van der Waals surface area contributed by atoms with Crippen LogP contribution in [0.5, 0.6) is 5.75 Å². The van der Waals surface area contributed by atoms with Gasteiger partial charge in [0.15, 0.2) is 0 Å². The first-order chi connectivity index (χ1) is 14.2. The van der Waals surface area contributed by atoms with E-state index < -0.39 is 0 Å². The Morgan fingerprint density at radius 3 is 2.52 bits per heavy atom. The van der Waals surface area contributed by atoms with Crippen LogP contribution >= 0.6 is 11.6 Å². The van der Waals surface area contributed by atoms with Crippen molar-refractivity contribution in [3.05, 3.63) is 59.4 Å². The fourth-order valence-electron chi connectivity index (χ4n) is 4.26. The van der Waals surface area contributed by atoms with Gasteiger partial charge in [-0.3, -0.25) is 4.90 Å². The van der Waals surface area contributed by atoms with Gasteiger partial charge in [0, 0.05) is 6.54 Å². The highest BCUT2D eigenvalue weighted by Gasteiger charge is 2.23. The lowest BCUT2D eigenvalue weighted by molar-refractivity contribution is 0.206. The molecule has 2 aromatic carbocycles. The summed E-state index contributed by atoms with van der Waals surface area (Å²) in [6.45, 7) is 6.16. The largest absolute Gasteiger partial charge is 0.492 e. The normalized spacial score (nSPS) is 16.6. The average molecular weight is 412 g/mol. The Bertz CT molecular complexity index is 931. The number of fused-ring (bicyclic) bond motifs is 1. The molecule has 4 rings (SSSR count). The Hall–Kier alpha value is -2.04. The molecule has 4 nitrogen and oxygen atoms in total. The minimum absolute atomic E-state index is 0.324. The van der Waals surface area contributed by atoms with Gasteiger partial charge in [-0.1, -0.05) is 48.7 Å². The van der Waals surface area contributed by atoms with E-state index in [4.69, 9.17) is 21.3 Å². The zero-order chi connectivity index (χ0) is 20.1. The molecule has 3 aromatic rings. The topological polar surface area (TPSA) is 30.3 Å². The van der Waals surface area contributed by atoms with E-state index >= 15 is 0 Å². The number of benzene rings is 2. The Balaban J connectivity index is 1.49. The number of nitrogens with zero attached hydrogens (tertiary/aromatic N) is 3. The summed E-state index contributed by atoms with van der Waals surface area (Å²) in [5.41, 5.74) is 2.29. The zero-order valence-corrected chi connectivity index (χ0v) is 17.9. The van der Waals surface area contributed by atoms with Crippen molar-refractivity contribution in [2.45, 2.75) is 51.6 Å². The molecule has 0 aliphatic carbocycles. The van der Waals surface area contributed by atoms with Crippen LogP contribution in [0.2, 0.25) is 5.02 Å². The van der Waals surface area contributed by atoms with Gasteiger partial charge in [0.2, 0.25) is 0 Å². The van der Waals surface area contributed by atoms with E-state index in [-0.39, 0.29) is 0 Å². The molecule has 0 spiro atoms. The summed E-state index contributed by atoms with van der Waals surface area (Å²) < 4.78 is 8.29. The van der Waals surface area contributed by atoms with Gasteiger partial charge in [-0.2, -0.15) is 0 Å². The first-order valence-corrected chi connectivity index (χ1v) is 11.2. The highest BCUT2D eigenvalue weighted by atomic mass is 35.5. The van der Waals surface area contributed by atoms with E-state index in [9.17, 15) is 0 Å². The first kappa shape index (κ1) is 20.2. The lowest BCUT2D eigenvalue weighted by Gasteiger charge is -2.27. The van der Waals surface area contributed by atoms with Gasteiger partial charge < -0.3 is 9.30 Å². The maximum atomic E-state index is 6.20. The highest BCUT2D eigenvalue weighted by Crippen LogP contribution is 2.27. The van der Waals surface area contributed by atoms with E-state index in [0.717, 1.165) is 24.2 Å². The SMILES string of the molecule is CC(c1nc2ccccc2n1CCCOc1ccccc1Cl)N1CCCCCC1. The van der Waals surface area contributed by atoms with Crippen molar-refractivity contribution in [3.8, 4) is 5.75 Å². The number of halogens is 1. The molecule has 0 saturated carbocycles. The summed E-state index contributed by atoms with van der Waals surface area (Å²) in [5, 5.41) is 0.663. The quantitative estimate of drug-likeness (QED) is 0.440. The first-order valence-electron chi connectivity index (χ1n) is 10.8. The minimum Gasteiger partial charge on any atom is -0.492 e. The lowest BCUT2D eigenvalue weighted by atomic mass is 10.2. The van der Waals surface area contributed by atoms with Gasteiger partial charge >= 0.3 is 0 Å². The van der Waals surface area contributed by atoms with Crippen LogP contribution in [0.15, 0.2) is 48.5 Å². The van der Waals surface area contributed by atoms with E-state index in [2.05, 4.69) is 40.7 Å². The number of aryl methyl sites for hydroxylation is 1. The number of aromatic nitrogens is 2. The highest BCUT2D eigenvalue weighted by molar-refractivity contribution is 6.32. The zero-order valence-electron chi connectivity index (χ0n) is 17.2. The van der Waals surface area contributed by atoms with Crippen LogP contribution in [-0.4, -0.2) is 34.1 Å². The summed E-state index contributed by atoms with van der Waals surface area (Å²) in [7, 11) is 0. The van der Waals surface area contributed by atoms with E-state index in [0.29, 0.717) is 17.7 Å². The molecular formula is C24H30ClN3O. The average Bonchev–Trinajstić information content (AvgIpc) is 2.90. The summed E-state index contributed by atoms with van der Waals surface area (Å²) in [5.74, 6) is 1.92. The van der Waals surface area contributed by atoms with Crippen molar-refractivity contribution in [3.63, 3.8) is 0 Å². The summed E-state index contributed by atoms with van der Waals surface area (Å²) >= 11 is 6.20. The van der Waals surface area contributed by atoms with Crippen molar-refractivity contribution >= 4 is 22.6 Å². The molecule has 0 amide bonds. The fraction of sp³-hybridized carbons (Fsp3) is 0.458. The van der Waals surface area contributed by atoms with Gasteiger partial charge in [-0.15, -0.1) is 0 Å². The molecule has 1 aliphatic rings. The summed E-state index contributed by atoms with van der Waals surface area (Å²) in [4.78, 5) is 7.63. The van der Waals surface area contributed by atoms with Gasteiger partial charge in [0.1, 0.15) is 11.6 Å². The Kier molecular flexibility index (Phi) is 6.73. The van der Waals surface area contributed by atoms with Crippen LogP contribution in [0, 0.1) is 0 Å². The van der Waals surface area contributed by atoms with Crippen molar-refractivity contribution in [1.29, 1.82) is 0 Å². The molecule has 154 valence electrons. The Labute approximate surface area is 178 Å². The molecule has 0 bridgehead atoms. The summed E-state index contributed by atoms with van der Waals surface area (Å²) in [6, 6.07) is 16.4. The van der Waals surface area contributed by atoms with Crippen LogP contribution in [0.4, 0.5) is 0 Å². The number of para-hydroxylation sites is 3. The number of hydrogen-bond acceptors (Lipinski definition) is 3. The van der Waals surface area contributed by atoms with Gasteiger partial charge in [0.25, 0.3) is 0 Å². The second-order valence-corrected chi connectivity index (χ2v) is 8.28. The maximum absolute atomic E-state index is 6.20. The van der Waals surface area contributed by atoms with Crippen LogP contribution in [0.25, 0.3) is 11.0 Å². The molecule has 5 heteroatoms. The van der Waals surface area contributed by atoms with Crippen LogP contribution in [0.1, 0.15) is 50.9 Å². The van der Waals surface area contributed by atoms with Crippen molar-refractivity contribution in [2.75, 3.05) is 19.7 Å². The molecule has 2 heterocycles. The predicted octanol–water partition coefficient (Wildman–Crippen LogP) is 6.10. The standard InChI is InChI=1S/C24H30ClN3O/c1-19(27-15-8-2-3-9-16-27)24-26-21-12-5-6-13-22(21)28(24)17-10-18-29-23-14-7-4-11-20(23)25/h4-7,11-14,19H,2-3,8-10,15-18H2,1H3. The van der Waals surface area contributed by atoms with Gasteiger partial charge in [-0.25, -0.2) is 4.98 Å². The van der Waals surface area contributed by atoms with Crippen LogP contribution in [0.3, 0.4) is 0 Å². The van der Waals surface area contributed by atoms with Crippen molar-refractivity contribution in [1.82, 2.24) is 14.5 Å². The van der Waals surface area contributed by atoms with Crippen molar-refractivity contribution < 1.29 is 4.74 Å². The maximum Gasteiger partial charge on any atom is 0.137 e. The third-order valence-electron chi connectivity index (χ3n) is 5.87. The monoisotopic (exact) mass is 411 g/mol. The van der Waals surface area contributed by atoms with Crippen LogP contribution < -0.4 is 4.74 Å². The van der Waals surface area contributed by atoms with Gasteiger partial charge in [-0.05, 0) is 63.5 Å². The third kappa shape index (κ3) is 4.76. The molecule has 29 heavy (non-hydrogen) atoms. The molecule has 0 radical (unpaired) electrons. The molecule has 1 saturated heterocycles. The summed E-state index contributed by atoms with van der Waals surface area (Å²) in [6.07, 6.45) is 6.18. The molecule has 1 fully saturated rings. The van der Waals surface area contributed by atoms with Crippen LogP contribution in [-0.2, 0) is 6.54 Å². The third-order valence-corrected chi connectivity index (χ3v) is 6.18. The number of likely N-dealkylation sites (tertiary alicyclic amines) is 1. The predicted molar refractivity (Wildman–Crippen MR) is 120 cm³/mol.